The van der Waals surface area contributed by atoms with Crippen LogP contribution in [0.15, 0.2) is 30.3 Å². The summed E-state index contributed by atoms with van der Waals surface area (Å²) in [7, 11) is 0. The smallest absolute Gasteiger partial charge is 0.223 e. The van der Waals surface area contributed by atoms with Gasteiger partial charge in [-0.15, -0.1) is 0 Å². The number of nitrogens with zero attached hydrogens (tertiary/aromatic N) is 4. The van der Waals surface area contributed by atoms with Crippen LogP contribution in [0.4, 0.5) is 5.82 Å². The molecule has 0 N–H and O–H groups in total. The molecule has 2 fully saturated rings. The molecule has 3 aliphatic rings. The lowest BCUT2D eigenvalue weighted by Crippen LogP contribution is -2.39. The third-order valence-corrected chi connectivity index (χ3v) is 6.69. The van der Waals surface area contributed by atoms with Gasteiger partial charge in [0.1, 0.15) is 11.6 Å². The Morgan fingerprint density at radius 3 is 2.55 bits per heavy atom. The van der Waals surface area contributed by atoms with Crippen molar-refractivity contribution in [2.24, 2.45) is 5.92 Å². The molecule has 1 aromatic heterocycles. The molecule has 5 heteroatoms. The molecule has 1 saturated heterocycles. The molecule has 152 valence electrons. The summed E-state index contributed by atoms with van der Waals surface area (Å²) in [5.74, 6) is 3.51. The van der Waals surface area contributed by atoms with E-state index in [-0.39, 0.29) is 0 Å². The lowest BCUT2D eigenvalue weighted by molar-refractivity contribution is -0.133. The average molecular weight is 391 g/mol. The molecule has 0 bridgehead atoms. The van der Waals surface area contributed by atoms with Gasteiger partial charge in [-0.3, -0.25) is 4.79 Å². The Labute approximate surface area is 173 Å². The number of carbonyl (C=O) groups excluding carboxylic acids is 1. The first-order valence-corrected chi connectivity index (χ1v) is 11.1. The Morgan fingerprint density at radius 2 is 1.79 bits per heavy atom. The van der Waals surface area contributed by atoms with E-state index in [9.17, 15) is 4.79 Å². The summed E-state index contributed by atoms with van der Waals surface area (Å²) >= 11 is 0. The number of aromatic nitrogens is 2. The van der Waals surface area contributed by atoms with Crippen molar-refractivity contribution in [3.05, 3.63) is 53.0 Å². The second-order valence-corrected chi connectivity index (χ2v) is 8.97. The van der Waals surface area contributed by atoms with Crippen LogP contribution in [-0.4, -0.2) is 40.4 Å². The number of amides is 1. The van der Waals surface area contributed by atoms with Crippen molar-refractivity contribution in [2.45, 2.75) is 57.9 Å². The van der Waals surface area contributed by atoms with Crippen LogP contribution in [0, 0.1) is 12.8 Å². The van der Waals surface area contributed by atoms with E-state index in [1.165, 1.54) is 24.0 Å². The van der Waals surface area contributed by atoms with E-state index in [1.54, 1.807) is 0 Å². The highest BCUT2D eigenvalue weighted by atomic mass is 16.2. The normalized spacial score (nSPS) is 19.9. The Hall–Kier alpha value is -2.43. The predicted octanol–water partition coefficient (Wildman–Crippen LogP) is 3.85. The Kier molecular flexibility index (Phi) is 4.98. The lowest BCUT2D eigenvalue weighted by Gasteiger charge is -2.34. The fraction of sp³-hybridized carbons (Fsp3) is 0.542. The number of piperidine rings is 1. The van der Waals surface area contributed by atoms with Crippen molar-refractivity contribution < 1.29 is 4.79 Å². The molecule has 5 nitrogen and oxygen atoms in total. The van der Waals surface area contributed by atoms with Gasteiger partial charge < -0.3 is 9.80 Å². The molecule has 0 spiro atoms. The highest BCUT2D eigenvalue weighted by Crippen LogP contribution is 2.39. The molecule has 29 heavy (non-hydrogen) atoms. The van der Waals surface area contributed by atoms with Gasteiger partial charge in [-0.2, -0.15) is 0 Å². The second kappa shape index (κ2) is 7.77. The van der Waals surface area contributed by atoms with Crippen LogP contribution < -0.4 is 4.90 Å². The van der Waals surface area contributed by atoms with E-state index in [1.807, 2.05) is 0 Å². The van der Waals surface area contributed by atoms with E-state index in [0.29, 0.717) is 24.2 Å². The minimum atomic E-state index is 0.326. The average Bonchev–Trinajstić information content (AvgIpc) is 3.59. The lowest BCUT2D eigenvalue weighted by atomic mass is 9.92. The van der Waals surface area contributed by atoms with Gasteiger partial charge in [0.15, 0.2) is 0 Å². The molecular formula is C24H30N4O. The van der Waals surface area contributed by atoms with Crippen LogP contribution in [-0.2, 0) is 17.8 Å². The molecular weight excluding hydrogens is 360 g/mol. The van der Waals surface area contributed by atoms with Gasteiger partial charge in [-0.05, 0) is 56.1 Å². The van der Waals surface area contributed by atoms with Gasteiger partial charge in [-0.25, -0.2) is 9.97 Å². The number of fused-ring (bicyclic) bond motifs is 1. The van der Waals surface area contributed by atoms with Gasteiger partial charge in [0.05, 0.1) is 0 Å². The summed E-state index contributed by atoms with van der Waals surface area (Å²) in [6.07, 6.45) is 6.26. The highest BCUT2D eigenvalue weighted by Gasteiger charge is 2.29. The maximum Gasteiger partial charge on any atom is 0.223 e. The first-order valence-electron chi connectivity index (χ1n) is 11.1. The number of carbonyl (C=O) groups is 1. The molecule has 1 saturated carbocycles. The van der Waals surface area contributed by atoms with Crippen LogP contribution in [0.2, 0.25) is 0 Å². The Bertz CT molecular complexity index is 900. The van der Waals surface area contributed by atoms with Crippen molar-refractivity contribution in [1.82, 2.24) is 14.9 Å². The van der Waals surface area contributed by atoms with Crippen molar-refractivity contribution in [3.63, 3.8) is 0 Å². The summed E-state index contributed by atoms with van der Waals surface area (Å²) in [5.41, 5.74) is 3.78. The number of aryl methyl sites for hydroxylation is 1. The summed E-state index contributed by atoms with van der Waals surface area (Å²) in [5, 5.41) is 0. The Morgan fingerprint density at radius 1 is 1.03 bits per heavy atom. The molecule has 0 atom stereocenters. The van der Waals surface area contributed by atoms with Crippen LogP contribution in [0.5, 0.6) is 0 Å². The van der Waals surface area contributed by atoms with Crippen LogP contribution in [0.25, 0.3) is 0 Å². The number of hydrogen-bond acceptors (Lipinski definition) is 4. The van der Waals surface area contributed by atoms with Crippen molar-refractivity contribution in [2.75, 3.05) is 24.5 Å². The molecule has 1 aromatic carbocycles. The predicted molar refractivity (Wildman–Crippen MR) is 114 cm³/mol. The topological polar surface area (TPSA) is 49.3 Å². The minimum absolute atomic E-state index is 0.326. The standard InChI is InChI=1S/C24H30N4O/c1-17-14-22(26-24(25-17)20-6-7-20)27-11-8-18(9-12-27)15-23(29)28-13-10-19-4-2-3-5-21(19)16-28/h2-5,14,18,20H,6-13,15-16H2,1H3. The zero-order valence-electron chi connectivity index (χ0n) is 17.3. The maximum absolute atomic E-state index is 12.9. The van der Waals surface area contributed by atoms with Gasteiger partial charge in [0, 0.05) is 50.3 Å². The van der Waals surface area contributed by atoms with Gasteiger partial charge >= 0.3 is 0 Å². The van der Waals surface area contributed by atoms with E-state index >= 15 is 0 Å². The van der Waals surface area contributed by atoms with Gasteiger partial charge in [0.25, 0.3) is 0 Å². The van der Waals surface area contributed by atoms with E-state index in [0.717, 1.165) is 62.8 Å². The van der Waals surface area contributed by atoms with E-state index < -0.39 is 0 Å². The molecule has 2 aliphatic heterocycles. The number of benzene rings is 1. The van der Waals surface area contributed by atoms with Crippen molar-refractivity contribution >= 4 is 11.7 Å². The van der Waals surface area contributed by atoms with Crippen LogP contribution >= 0.6 is 0 Å². The van der Waals surface area contributed by atoms with Crippen molar-refractivity contribution in [1.29, 1.82) is 0 Å². The van der Waals surface area contributed by atoms with Crippen LogP contribution in [0.1, 0.15) is 60.7 Å². The fourth-order valence-electron chi connectivity index (χ4n) is 4.71. The summed E-state index contributed by atoms with van der Waals surface area (Å²) in [6, 6.07) is 10.6. The Balaban J connectivity index is 1.16. The zero-order chi connectivity index (χ0) is 19.8. The van der Waals surface area contributed by atoms with Gasteiger partial charge in [0.2, 0.25) is 5.91 Å². The number of anilines is 1. The quantitative estimate of drug-likeness (QED) is 0.796. The van der Waals surface area contributed by atoms with E-state index in [4.69, 9.17) is 4.98 Å². The molecule has 1 amide bonds. The SMILES string of the molecule is Cc1cc(N2CCC(CC(=O)N3CCc4ccccc4C3)CC2)nc(C2CC2)n1. The highest BCUT2D eigenvalue weighted by molar-refractivity contribution is 5.76. The van der Waals surface area contributed by atoms with Crippen LogP contribution in [0.3, 0.4) is 0 Å². The molecule has 0 unspecified atom stereocenters. The molecule has 0 radical (unpaired) electrons. The third-order valence-electron chi connectivity index (χ3n) is 6.69. The van der Waals surface area contributed by atoms with Gasteiger partial charge in [-0.1, -0.05) is 24.3 Å². The summed E-state index contributed by atoms with van der Waals surface area (Å²) < 4.78 is 0. The number of hydrogen-bond donors (Lipinski definition) is 0. The summed E-state index contributed by atoms with van der Waals surface area (Å²) in [4.78, 5) is 26.8. The van der Waals surface area contributed by atoms with Crippen molar-refractivity contribution in [3.8, 4) is 0 Å². The molecule has 2 aromatic rings. The molecule has 3 heterocycles. The maximum atomic E-state index is 12.9. The third kappa shape index (κ3) is 4.14. The second-order valence-electron chi connectivity index (χ2n) is 8.97. The molecule has 5 rings (SSSR count). The molecule has 1 aliphatic carbocycles. The fourth-order valence-corrected chi connectivity index (χ4v) is 4.71. The zero-order valence-corrected chi connectivity index (χ0v) is 17.3. The number of rotatable bonds is 4. The monoisotopic (exact) mass is 390 g/mol. The largest absolute Gasteiger partial charge is 0.356 e. The minimum Gasteiger partial charge on any atom is -0.356 e. The van der Waals surface area contributed by atoms with E-state index in [2.05, 4.69) is 52.0 Å². The summed E-state index contributed by atoms with van der Waals surface area (Å²) in [6.45, 7) is 5.68. The first-order chi connectivity index (χ1) is 14.2. The first kappa shape index (κ1) is 18.6.